The second-order valence-corrected chi connectivity index (χ2v) is 4.27. The van der Waals surface area contributed by atoms with Crippen LogP contribution in [0.1, 0.15) is 18.9 Å². The van der Waals surface area contributed by atoms with Crippen molar-refractivity contribution in [3.63, 3.8) is 0 Å². The van der Waals surface area contributed by atoms with Crippen molar-refractivity contribution in [1.29, 1.82) is 0 Å². The standard InChI is InChI=1S/C14H22N4O2/c1-3-8-16-13(19)9-17-14(15)18-12-7-5-4-6-11(12)10-20-2/h4-7H,3,8-10H2,1-2H3,(H,16,19)(H3,15,17,18). The molecule has 110 valence electrons. The van der Waals surface area contributed by atoms with Gasteiger partial charge in [0.2, 0.25) is 5.91 Å². The number of hydrogen-bond acceptors (Lipinski definition) is 3. The molecule has 0 saturated carbocycles. The Labute approximate surface area is 119 Å². The van der Waals surface area contributed by atoms with Gasteiger partial charge in [-0.05, 0) is 12.5 Å². The van der Waals surface area contributed by atoms with Crippen LogP contribution in [0, 0.1) is 0 Å². The van der Waals surface area contributed by atoms with Gasteiger partial charge in [-0.1, -0.05) is 25.1 Å². The SMILES string of the molecule is CCCNC(=O)CN=C(N)Nc1ccccc1COC. The van der Waals surface area contributed by atoms with Gasteiger partial charge in [0.25, 0.3) is 0 Å². The topological polar surface area (TPSA) is 88.7 Å². The molecule has 1 aromatic rings. The molecule has 0 radical (unpaired) electrons. The van der Waals surface area contributed by atoms with Crippen LogP contribution in [0.15, 0.2) is 29.3 Å². The van der Waals surface area contributed by atoms with Crippen molar-refractivity contribution in [2.45, 2.75) is 20.0 Å². The minimum atomic E-state index is -0.137. The number of methoxy groups -OCH3 is 1. The Bertz CT molecular complexity index is 460. The predicted molar refractivity (Wildman–Crippen MR) is 80.6 cm³/mol. The summed E-state index contributed by atoms with van der Waals surface area (Å²) in [5.41, 5.74) is 7.57. The third-order valence-corrected chi connectivity index (χ3v) is 2.55. The first-order chi connectivity index (χ1) is 9.67. The van der Waals surface area contributed by atoms with Gasteiger partial charge in [0.05, 0.1) is 6.61 Å². The van der Waals surface area contributed by atoms with Crippen LogP contribution in [0.25, 0.3) is 0 Å². The highest BCUT2D eigenvalue weighted by Crippen LogP contribution is 2.15. The molecule has 1 rings (SSSR count). The number of aliphatic imine (C=N–C) groups is 1. The molecular formula is C14H22N4O2. The van der Waals surface area contributed by atoms with Gasteiger partial charge in [-0.25, -0.2) is 4.99 Å². The maximum atomic E-state index is 11.4. The maximum absolute atomic E-state index is 11.4. The van der Waals surface area contributed by atoms with E-state index in [-0.39, 0.29) is 18.4 Å². The summed E-state index contributed by atoms with van der Waals surface area (Å²) in [6.45, 7) is 3.14. The number of guanidine groups is 1. The number of anilines is 1. The zero-order valence-electron chi connectivity index (χ0n) is 12.0. The van der Waals surface area contributed by atoms with Crippen LogP contribution in [-0.2, 0) is 16.1 Å². The molecule has 0 saturated heterocycles. The molecule has 1 amide bonds. The van der Waals surface area contributed by atoms with Crippen LogP contribution >= 0.6 is 0 Å². The highest BCUT2D eigenvalue weighted by molar-refractivity contribution is 5.94. The number of nitrogens with two attached hydrogens (primary N) is 1. The van der Waals surface area contributed by atoms with Crippen LogP contribution in [-0.4, -0.2) is 32.1 Å². The molecule has 0 unspecified atom stereocenters. The van der Waals surface area contributed by atoms with Crippen molar-refractivity contribution < 1.29 is 9.53 Å². The average Bonchev–Trinajstić information content (AvgIpc) is 2.45. The van der Waals surface area contributed by atoms with E-state index in [9.17, 15) is 4.79 Å². The van der Waals surface area contributed by atoms with Crippen molar-refractivity contribution in [1.82, 2.24) is 5.32 Å². The molecule has 6 heteroatoms. The number of nitrogens with zero attached hydrogens (tertiary/aromatic N) is 1. The largest absolute Gasteiger partial charge is 0.380 e. The molecule has 4 N–H and O–H groups in total. The molecule has 6 nitrogen and oxygen atoms in total. The molecule has 0 spiro atoms. The number of carbonyl (C=O) groups excluding carboxylic acids is 1. The van der Waals surface area contributed by atoms with Crippen LogP contribution < -0.4 is 16.4 Å². The summed E-state index contributed by atoms with van der Waals surface area (Å²) in [7, 11) is 1.63. The van der Waals surface area contributed by atoms with Gasteiger partial charge >= 0.3 is 0 Å². The van der Waals surface area contributed by atoms with E-state index in [1.54, 1.807) is 7.11 Å². The van der Waals surface area contributed by atoms with E-state index in [1.807, 2.05) is 31.2 Å². The van der Waals surface area contributed by atoms with Crippen LogP contribution in [0.4, 0.5) is 5.69 Å². The fourth-order valence-electron chi connectivity index (χ4n) is 1.58. The summed E-state index contributed by atoms with van der Waals surface area (Å²) in [6.07, 6.45) is 0.896. The van der Waals surface area contributed by atoms with Crippen molar-refractivity contribution >= 4 is 17.6 Å². The minimum Gasteiger partial charge on any atom is -0.380 e. The monoisotopic (exact) mass is 278 g/mol. The average molecular weight is 278 g/mol. The van der Waals surface area contributed by atoms with Gasteiger partial charge in [-0.3, -0.25) is 4.79 Å². The summed E-state index contributed by atoms with van der Waals surface area (Å²) in [4.78, 5) is 15.4. The summed E-state index contributed by atoms with van der Waals surface area (Å²) in [5.74, 6) is 0.0713. The Balaban J connectivity index is 2.57. The molecule has 20 heavy (non-hydrogen) atoms. The van der Waals surface area contributed by atoms with E-state index in [0.29, 0.717) is 13.2 Å². The maximum Gasteiger partial charge on any atom is 0.241 e. The Hall–Kier alpha value is -2.08. The highest BCUT2D eigenvalue weighted by Gasteiger charge is 2.03. The van der Waals surface area contributed by atoms with Crippen LogP contribution in [0.5, 0.6) is 0 Å². The molecule has 0 bridgehead atoms. The van der Waals surface area contributed by atoms with Gasteiger partial charge in [-0.2, -0.15) is 0 Å². The third-order valence-electron chi connectivity index (χ3n) is 2.55. The number of benzene rings is 1. The zero-order chi connectivity index (χ0) is 14.8. The number of rotatable bonds is 7. The van der Waals surface area contributed by atoms with Gasteiger partial charge in [0, 0.05) is 24.9 Å². The summed E-state index contributed by atoms with van der Waals surface area (Å²) in [5, 5.41) is 5.71. The second-order valence-electron chi connectivity index (χ2n) is 4.27. The Morgan fingerprint density at radius 2 is 2.15 bits per heavy atom. The number of para-hydroxylation sites is 1. The molecule has 0 aliphatic carbocycles. The summed E-state index contributed by atoms with van der Waals surface area (Å²) < 4.78 is 5.11. The van der Waals surface area contributed by atoms with E-state index >= 15 is 0 Å². The molecule has 0 atom stereocenters. The molecule has 0 aliphatic heterocycles. The van der Waals surface area contributed by atoms with E-state index in [2.05, 4.69) is 15.6 Å². The number of hydrogen-bond donors (Lipinski definition) is 3. The number of ether oxygens (including phenoxy) is 1. The predicted octanol–water partition coefficient (Wildman–Crippen LogP) is 1.09. The lowest BCUT2D eigenvalue weighted by atomic mass is 10.2. The fourth-order valence-corrected chi connectivity index (χ4v) is 1.58. The second kappa shape index (κ2) is 8.92. The molecule has 0 heterocycles. The van der Waals surface area contributed by atoms with Gasteiger partial charge in [0.15, 0.2) is 5.96 Å². The van der Waals surface area contributed by atoms with E-state index in [4.69, 9.17) is 10.5 Å². The number of nitrogens with one attached hydrogen (secondary N) is 2. The lowest BCUT2D eigenvalue weighted by Crippen LogP contribution is -2.29. The van der Waals surface area contributed by atoms with Crippen LogP contribution in [0.2, 0.25) is 0 Å². The Kier molecular flexibility index (Phi) is 7.13. The number of amides is 1. The zero-order valence-corrected chi connectivity index (χ0v) is 12.0. The van der Waals surface area contributed by atoms with Gasteiger partial charge in [-0.15, -0.1) is 0 Å². The van der Waals surface area contributed by atoms with E-state index < -0.39 is 0 Å². The Morgan fingerprint density at radius 3 is 2.85 bits per heavy atom. The molecule has 0 aromatic heterocycles. The summed E-state index contributed by atoms with van der Waals surface area (Å²) in [6, 6.07) is 7.63. The lowest BCUT2D eigenvalue weighted by Gasteiger charge is -2.10. The summed E-state index contributed by atoms with van der Waals surface area (Å²) >= 11 is 0. The van der Waals surface area contributed by atoms with Crippen molar-refractivity contribution in [3.8, 4) is 0 Å². The first kappa shape index (κ1) is 16.0. The molecule has 0 aliphatic rings. The van der Waals surface area contributed by atoms with Gasteiger partial charge < -0.3 is 21.1 Å². The first-order valence-electron chi connectivity index (χ1n) is 6.57. The number of carbonyl (C=O) groups is 1. The fraction of sp³-hybridized carbons (Fsp3) is 0.429. The van der Waals surface area contributed by atoms with Gasteiger partial charge in [0.1, 0.15) is 6.54 Å². The highest BCUT2D eigenvalue weighted by atomic mass is 16.5. The van der Waals surface area contributed by atoms with Crippen LogP contribution in [0.3, 0.4) is 0 Å². The smallest absolute Gasteiger partial charge is 0.241 e. The molecular weight excluding hydrogens is 256 g/mol. The van der Waals surface area contributed by atoms with Crippen molar-refractivity contribution in [2.75, 3.05) is 25.5 Å². The minimum absolute atomic E-state index is 0.0191. The van der Waals surface area contributed by atoms with Crippen molar-refractivity contribution in [2.24, 2.45) is 10.7 Å². The van der Waals surface area contributed by atoms with E-state index in [1.165, 1.54) is 0 Å². The normalized spacial score (nSPS) is 11.2. The molecule has 0 fully saturated rings. The lowest BCUT2D eigenvalue weighted by molar-refractivity contribution is -0.119. The first-order valence-corrected chi connectivity index (χ1v) is 6.57. The Morgan fingerprint density at radius 1 is 1.40 bits per heavy atom. The van der Waals surface area contributed by atoms with E-state index in [0.717, 1.165) is 17.7 Å². The van der Waals surface area contributed by atoms with Crippen molar-refractivity contribution in [3.05, 3.63) is 29.8 Å². The molecule has 1 aromatic carbocycles. The third kappa shape index (κ3) is 5.71. The quantitative estimate of drug-likeness (QED) is 0.514.